The van der Waals surface area contributed by atoms with Crippen molar-refractivity contribution in [3.8, 4) is 0 Å². The van der Waals surface area contributed by atoms with Crippen LogP contribution in [-0.4, -0.2) is 50.0 Å². The van der Waals surface area contributed by atoms with Gasteiger partial charge in [0.1, 0.15) is 12.6 Å². The van der Waals surface area contributed by atoms with Crippen LogP contribution in [-0.2, 0) is 32.3 Å². The number of hydrogen-bond acceptors (Lipinski definition) is 4. The van der Waals surface area contributed by atoms with E-state index in [0.29, 0.717) is 15.9 Å². The molecule has 2 aromatic rings. The number of alkyl halides is 3. The van der Waals surface area contributed by atoms with Gasteiger partial charge in [-0.05, 0) is 56.7 Å². The minimum atomic E-state index is -4.72. The van der Waals surface area contributed by atoms with Gasteiger partial charge in [0.15, 0.2) is 0 Å². The Morgan fingerprint density at radius 2 is 1.67 bits per heavy atom. The zero-order valence-corrected chi connectivity index (χ0v) is 22.3. The quantitative estimate of drug-likeness (QED) is 0.475. The van der Waals surface area contributed by atoms with E-state index in [4.69, 9.17) is 23.2 Å². The van der Waals surface area contributed by atoms with Gasteiger partial charge in [0.2, 0.25) is 21.8 Å². The molecule has 0 aliphatic carbocycles. The van der Waals surface area contributed by atoms with Gasteiger partial charge in [-0.1, -0.05) is 35.3 Å². The molecule has 2 rings (SSSR count). The maximum Gasteiger partial charge on any atom is 0.416 e. The maximum atomic E-state index is 13.4. The monoisotopic (exact) mass is 567 g/mol. The molecule has 0 fully saturated rings. The van der Waals surface area contributed by atoms with Crippen molar-refractivity contribution in [3.05, 3.63) is 63.6 Å². The summed E-state index contributed by atoms with van der Waals surface area (Å²) < 4.78 is 65.2. The van der Waals surface area contributed by atoms with Gasteiger partial charge in [-0.25, -0.2) is 8.42 Å². The molecule has 7 nitrogen and oxygen atoms in total. The van der Waals surface area contributed by atoms with E-state index in [-0.39, 0.29) is 28.3 Å². The Bertz CT molecular complexity index is 1220. The molecular weight excluding hydrogens is 542 g/mol. The summed E-state index contributed by atoms with van der Waals surface area (Å²) in [6, 6.07) is 6.95. The van der Waals surface area contributed by atoms with Crippen LogP contribution in [0.2, 0.25) is 10.0 Å². The van der Waals surface area contributed by atoms with Crippen LogP contribution in [0.4, 0.5) is 18.9 Å². The number of carbonyl (C=O) groups is 2. The lowest BCUT2D eigenvalue weighted by Crippen LogP contribution is -2.52. The van der Waals surface area contributed by atoms with Crippen LogP contribution in [0, 0.1) is 0 Å². The number of nitrogens with zero attached hydrogens (tertiary/aromatic N) is 2. The molecule has 2 amide bonds. The van der Waals surface area contributed by atoms with Crippen molar-refractivity contribution in [1.82, 2.24) is 10.2 Å². The summed E-state index contributed by atoms with van der Waals surface area (Å²) in [5.41, 5.74) is -0.903. The summed E-state index contributed by atoms with van der Waals surface area (Å²) >= 11 is 12.0. The van der Waals surface area contributed by atoms with Crippen LogP contribution >= 0.6 is 23.2 Å². The van der Waals surface area contributed by atoms with Crippen LogP contribution in [0.1, 0.15) is 31.9 Å². The van der Waals surface area contributed by atoms with E-state index in [9.17, 15) is 31.2 Å². The summed E-state index contributed by atoms with van der Waals surface area (Å²) in [5, 5.41) is 3.17. The summed E-state index contributed by atoms with van der Waals surface area (Å²) in [7, 11) is -4.18. The zero-order chi connectivity index (χ0) is 27.4. The van der Waals surface area contributed by atoms with E-state index < -0.39 is 46.2 Å². The smallest absolute Gasteiger partial charge is 0.352 e. The summed E-state index contributed by atoms with van der Waals surface area (Å²) in [6.45, 7) is 3.95. The van der Waals surface area contributed by atoms with E-state index in [2.05, 4.69) is 5.32 Å². The Labute approximate surface area is 218 Å². The second-order valence-corrected chi connectivity index (χ2v) is 11.1. The van der Waals surface area contributed by atoms with Crippen LogP contribution in [0.25, 0.3) is 0 Å². The van der Waals surface area contributed by atoms with Crippen LogP contribution < -0.4 is 9.62 Å². The van der Waals surface area contributed by atoms with Gasteiger partial charge in [0, 0.05) is 12.6 Å². The number of anilines is 1. The number of amides is 2. The molecule has 1 atom stereocenters. The molecule has 0 saturated carbocycles. The van der Waals surface area contributed by atoms with Gasteiger partial charge in [0.25, 0.3) is 0 Å². The molecule has 1 N–H and O–H groups in total. The van der Waals surface area contributed by atoms with Crippen molar-refractivity contribution in [3.63, 3.8) is 0 Å². The molecule has 13 heteroatoms. The molecule has 0 saturated heterocycles. The minimum Gasteiger partial charge on any atom is -0.352 e. The molecular formula is C23H26Cl2F3N3O4S. The summed E-state index contributed by atoms with van der Waals surface area (Å²) in [4.78, 5) is 27.2. The lowest BCUT2D eigenvalue weighted by molar-refractivity contribution is -0.139. The Morgan fingerprint density at radius 1 is 1.03 bits per heavy atom. The molecule has 0 unspecified atom stereocenters. The topological polar surface area (TPSA) is 86.8 Å². The fraction of sp³-hybridized carbons (Fsp3) is 0.391. The lowest BCUT2D eigenvalue weighted by atomic mass is 10.1. The van der Waals surface area contributed by atoms with Crippen molar-refractivity contribution in [2.24, 2.45) is 0 Å². The largest absolute Gasteiger partial charge is 0.416 e. The fourth-order valence-electron chi connectivity index (χ4n) is 3.27. The van der Waals surface area contributed by atoms with E-state index in [0.717, 1.165) is 29.4 Å². The standard InChI is InChI=1S/C23H26Cl2F3N3O4S/c1-14(2)29-22(33)15(3)30(12-16-8-9-19(24)20(25)10-16)21(32)13-31(36(4,34)35)18-7-5-6-17(11-18)23(26,27)28/h5-11,14-15H,12-13H2,1-4H3,(H,29,33)/t15-/m1/s1. The molecule has 0 spiro atoms. The van der Waals surface area contributed by atoms with Crippen molar-refractivity contribution in [2.45, 2.75) is 45.6 Å². The lowest BCUT2D eigenvalue weighted by Gasteiger charge is -2.32. The van der Waals surface area contributed by atoms with E-state index in [1.807, 2.05) is 0 Å². The van der Waals surface area contributed by atoms with Crippen LogP contribution in [0.3, 0.4) is 0 Å². The second kappa shape index (κ2) is 11.7. The Hall–Kier alpha value is -2.50. The number of sulfonamides is 1. The first kappa shape index (κ1) is 29.7. The minimum absolute atomic E-state index is 0.136. The predicted octanol–water partition coefficient (Wildman–Crippen LogP) is 4.72. The summed E-state index contributed by atoms with van der Waals surface area (Å²) in [5.74, 6) is -1.31. The van der Waals surface area contributed by atoms with Gasteiger partial charge in [-0.3, -0.25) is 13.9 Å². The first-order chi connectivity index (χ1) is 16.5. The number of rotatable bonds is 9. The number of nitrogens with one attached hydrogen (secondary N) is 1. The number of hydrogen-bond donors (Lipinski definition) is 1. The molecule has 0 radical (unpaired) electrons. The first-order valence-electron chi connectivity index (χ1n) is 10.7. The molecule has 0 aliphatic rings. The maximum absolute atomic E-state index is 13.4. The van der Waals surface area contributed by atoms with Gasteiger partial charge in [-0.2, -0.15) is 13.2 Å². The van der Waals surface area contributed by atoms with Crippen LogP contribution in [0.5, 0.6) is 0 Å². The molecule has 0 heterocycles. The number of benzene rings is 2. The molecule has 36 heavy (non-hydrogen) atoms. The summed E-state index contributed by atoms with van der Waals surface area (Å²) in [6.07, 6.45) is -3.94. The van der Waals surface area contributed by atoms with E-state index >= 15 is 0 Å². The fourth-order valence-corrected chi connectivity index (χ4v) is 4.44. The molecule has 0 bridgehead atoms. The molecule has 0 aliphatic heterocycles. The van der Waals surface area contributed by atoms with Crippen molar-refractivity contribution < 1.29 is 31.2 Å². The highest BCUT2D eigenvalue weighted by Gasteiger charge is 2.33. The third-order valence-electron chi connectivity index (χ3n) is 5.08. The molecule has 2 aromatic carbocycles. The van der Waals surface area contributed by atoms with Crippen molar-refractivity contribution in [2.75, 3.05) is 17.1 Å². The number of carbonyl (C=O) groups excluding carboxylic acids is 2. The zero-order valence-electron chi connectivity index (χ0n) is 19.9. The SMILES string of the molecule is CC(C)NC(=O)[C@@H](C)N(Cc1ccc(Cl)c(Cl)c1)C(=O)CN(c1cccc(C(F)(F)F)c1)S(C)(=O)=O. The van der Waals surface area contributed by atoms with Gasteiger partial charge >= 0.3 is 6.18 Å². The average Bonchev–Trinajstić information content (AvgIpc) is 2.75. The van der Waals surface area contributed by atoms with Gasteiger partial charge in [0.05, 0.1) is 27.6 Å². The highest BCUT2D eigenvalue weighted by atomic mass is 35.5. The molecule has 0 aromatic heterocycles. The Morgan fingerprint density at radius 3 is 2.19 bits per heavy atom. The van der Waals surface area contributed by atoms with Gasteiger partial charge in [-0.15, -0.1) is 0 Å². The van der Waals surface area contributed by atoms with E-state index in [1.165, 1.54) is 19.1 Å². The Kier molecular flexibility index (Phi) is 9.66. The third kappa shape index (κ3) is 8.01. The Balaban J connectivity index is 2.46. The van der Waals surface area contributed by atoms with Gasteiger partial charge < -0.3 is 10.2 Å². The highest BCUT2D eigenvalue weighted by Crippen LogP contribution is 2.32. The predicted molar refractivity (Wildman–Crippen MR) is 133 cm³/mol. The average molecular weight is 568 g/mol. The second-order valence-electron chi connectivity index (χ2n) is 8.43. The van der Waals surface area contributed by atoms with E-state index in [1.54, 1.807) is 19.9 Å². The van der Waals surface area contributed by atoms with Crippen molar-refractivity contribution in [1.29, 1.82) is 0 Å². The molecule has 198 valence electrons. The number of halogens is 5. The van der Waals surface area contributed by atoms with Crippen LogP contribution in [0.15, 0.2) is 42.5 Å². The first-order valence-corrected chi connectivity index (χ1v) is 13.3. The highest BCUT2D eigenvalue weighted by molar-refractivity contribution is 7.92. The third-order valence-corrected chi connectivity index (χ3v) is 6.96. The van der Waals surface area contributed by atoms with Crippen molar-refractivity contribution >= 4 is 50.7 Å². The normalized spacial score (nSPS) is 12.8.